The number of aromatic nitrogens is 1. The number of nitrogens with one attached hydrogen (secondary N) is 1. The van der Waals surface area contributed by atoms with Gasteiger partial charge in [0, 0.05) is 16.1 Å². The van der Waals surface area contributed by atoms with Crippen molar-refractivity contribution < 1.29 is 4.79 Å². The van der Waals surface area contributed by atoms with E-state index in [-0.39, 0.29) is 5.91 Å². The van der Waals surface area contributed by atoms with E-state index in [0.29, 0.717) is 6.42 Å². The van der Waals surface area contributed by atoms with Crippen LogP contribution in [-0.2, 0) is 11.2 Å². The molecule has 0 bridgehead atoms. The molecule has 0 aliphatic carbocycles. The number of carbonyl (C=O) groups excluding carboxylic acids is 1. The second-order valence-electron chi connectivity index (χ2n) is 4.98. The maximum absolute atomic E-state index is 12.1. The number of benzene rings is 2. The van der Waals surface area contributed by atoms with Crippen LogP contribution in [0.1, 0.15) is 10.6 Å². The number of amides is 1. The Morgan fingerprint density at radius 1 is 1.05 bits per heavy atom. The number of nitrogens with zero attached hydrogens (tertiary/aromatic N) is 1. The summed E-state index contributed by atoms with van der Waals surface area (Å²) in [5.41, 5.74) is 2.83. The van der Waals surface area contributed by atoms with E-state index in [1.165, 1.54) is 0 Å². The number of para-hydroxylation sites is 1. The molecule has 1 aromatic heterocycles. The van der Waals surface area contributed by atoms with Crippen LogP contribution in [0.4, 0.5) is 5.69 Å². The lowest BCUT2D eigenvalue weighted by Crippen LogP contribution is -2.14. The molecule has 3 rings (SSSR count). The zero-order chi connectivity index (χ0) is 15.4. The van der Waals surface area contributed by atoms with Crippen molar-refractivity contribution in [3.8, 4) is 10.6 Å². The topological polar surface area (TPSA) is 42.0 Å². The lowest BCUT2D eigenvalue weighted by Gasteiger charge is -2.03. The Hall–Kier alpha value is -2.46. The molecule has 0 saturated heterocycles. The van der Waals surface area contributed by atoms with Crippen LogP contribution in [0, 0.1) is 6.92 Å². The van der Waals surface area contributed by atoms with Crippen molar-refractivity contribution in [3.05, 3.63) is 71.2 Å². The molecule has 3 nitrogen and oxygen atoms in total. The van der Waals surface area contributed by atoms with E-state index >= 15 is 0 Å². The standard InChI is InChI=1S/C18H16N2OS/c1-13-16(12-17(21)20-15-10-6-3-7-11-15)22-18(19-13)14-8-4-2-5-9-14/h2-11H,12H2,1H3,(H,20,21). The molecule has 0 saturated carbocycles. The molecule has 0 aliphatic heterocycles. The van der Waals surface area contributed by atoms with Crippen molar-refractivity contribution in [1.82, 2.24) is 4.98 Å². The van der Waals surface area contributed by atoms with Gasteiger partial charge in [-0.15, -0.1) is 11.3 Å². The van der Waals surface area contributed by atoms with Gasteiger partial charge in [0.15, 0.2) is 0 Å². The van der Waals surface area contributed by atoms with Crippen LogP contribution in [-0.4, -0.2) is 10.9 Å². The van der Waals surface area contributed by atoms with Crippen molar-refractivity contribution in [3.63, 3.8) is 0 Å². The number of carbonyl (C=O) groups is 1. The van der Waals surface area contributed by atoms with E-state index < -0.39 is 0 Å². The Bertz CT molecular complexity index is 766. The number of hydrogen-bond acceptors (Lipinski definition) is 3. The highest BCUT2D eigenvalue weighted by Gasteiger charge is 2.13. The monoisotopic (exact) mass is 308 g/mol. The summed E-state index contributed by atoms with van der Waals surface area (Å²) in [6.45, 7) is 1.95. The maximum Gasteiger partial charge on any atom is 0.229 e. The third-order valence-electron chi connectivity index (χ3n) is 3.29. The van der Waals surface area contributed by atoms with Crippen molar-refractivity contribution in [2.45, 2.75) is 13.3 Å². The lowest BCUT2D eigenvalue weighted by atomic mass is 10.2. The second kappa shape index (κ2) is 6.54. The highest BCUT2D eigenvalue weighted by atomic mass is 32.1. The summed E-state index contributed by atoms with van der Waals surface area (Å²) in [4.78, 5) is 17.7. The second-order valence-corrected chi connectivity index (χ2v) is 6.07. The van der Waals surface area contributed by atoms with E-state index in [9.17, 15) is 4.79 Å². The summed E-state index contributed by atoms with van der Waals surface area (Å²) in [6, 6.07) is 19.5. The summed E-state index contributed by atoms with van der Waals surface area (Å²) in [7, 11) is 0. The molecule has 0 atom stereocenters. The van der Waals surface area contributed by atoms with Gasteiger partial charge < -0.3 is 5.32 Å². The van der Waals surface area contributed by atoms with Crippen LogP contribution in [0.3, 0.4) is 0 Å². The minimum Gasteiger partial charge on any atom is -0.326 e. The Morgan fingerprint density at radius 2 is 1.68 bits per heavy atom. The number of aryl methyl sites for hydroxylation is 1. The highest BCUT2D eigenvalue weighted by molar-refractivity contribution is 7.15. The Morgan fingerprint density at radius 3 is 2.36 bits per heavy atom. The Kier molecular flexibility index (Phi) is 4.30. The van der Waals surface area contributed by atoms with Gasteiger partial charge in [0.1, 0.15) is 5.01 Å². The normalized spacial score (nSPS) is 10.4. The summed E-state index contributed by atoms with van der Waals surface area (Å²) in [6.07, 6.45) is 0.352. The molecule has 0 unspecified atom stereocenters. The van der Waals surface area contributed by atoms with Crippen molar-refractivity contribution >= 4 is 22.9 Å². The van der Waals surface area contributed by atoms with Crippen molar-refractivity contribution in [1.29, 1.82) is 0 Å². The summed E-state index contributed by atoms with van der Waals surface area (Å²) in [5, 5.41) is 3.87. The molecule has 22 heavy (non-hydrogen) atoms. The molecule has 110 valence electrons. The molecule has 0 spiro atoms. The van der Waals surface area contributed by atoms with Crippen LogP contribution in [0.15, 0.2) is 60.7 Å². The molecule has 1 heterocycles. The van der Waals surface area contributed by atoms with E-state index in [2.05, 4.69) is 10.3 Å². The van der Waals surface area contributed by atoms with Crippen molar-refractivity contribution in [2.75, 3.05) is 5.32 Å². The predicted molar refractivity (Wildman–Crippen MR) is 91.1 cm³/mol. The first-order valence-corrected chi connectivity index (χ1v) is 7.90. The highest BCUT2D eigenvalue weighted by Crippen LogP contribution is 2.28. The third-order valence-corrected chi connectivity index (χ3v) is 4.50. The van der Waals surface area contributed by atoms with Gasteiger partial charge >= 0.3 is 0 Å². The minimum atomic E-state index is -0.0161. The molecule has 0 radical (unpaired) electrons. The predicted octanol–water partition coefficient (Wildman–Crippen LogP) is 4.30. The first kappa shape index (κ1) is 14.5. The molecule has 0 aliphatic rings. The number of rotatable bonds is 4. The van der Waals surface area contributed by atoms with Crippen LogP contribution in [0.5, 0.6) is 0 Å². The van der Waals surface area contributed by atoms with E-state index in [1.54, 1.807) is 11.3 Å². The van der Waals surface area contributed by atoms with Crippen molar-refractivity contribution in [2.24, 2.45) is 0 Å². The van der Waals surface area contributed by atoms with E-state index in [1.807, 2.05) is 67.6 Å². The van der Waals surface area contributed by atoms with E-state index in [4.69, 9.17) is 0 Å². The lowest BCUT2D eigenvalue weighted by molar-refractivity contribution is -0.115. The Balaban J connectivity index is 1.73. The largest absolute Gasteiger partial charge is 0.326 e. The average Bonchev–Trinajstić information content (AvgIpc) is 2.90. The quantitative estimate of drug-likeness (QED) is 0.781. The SMILES string of the molecule is Cc1nc(-c2ccccc2)sc1CC(=O)Nc1ccccc1. The van der Waals surface area contributed by atoms with Crippen LogP contribution < -0.4 is 5.32 Å². The van der Waals surface area contributed by atoms with Gasteiger partial charge in [-0.1, -0.05) is 48.5 Å². The molecular weight excluding hydrogens is 292 g/mol. The van der Waals surface area contributed by atoms with Gasteiger partial charge in [-0.2, -0.15) is 0 Å². The Labute approximate surface area is 133 Å². The molecule has 4 heteroatoms. The molecule has 1 amide bonds. The van der Waals surface area contributed by atoms with Gasteiger partial charge in [-0.3, -0.25) is 4.79 Å². The zero-order valence-corrected chi connectivity index (χ0v) is 13.1. The van der Waals surface area contributed by atoms with Gasteiger partial charge in [0.05, 0.1) is 12.1 Å². The van der Waals surface area contributed by atoms with Gasteiger partial charge in [-0.05, 0) is 19.1 Å². The van der Waals surface area contributed by atoms with Crippen LogP contribution in [0.2, 0.25) is 0 Å². The van der Waals surface area contributed by atoms with Gasteiger partial charge in [-0.25, -0.2) is 4.98 Å². The molecule has 3 aromatic rings. The molecule has 1 N–H and O–H groups in total. The third kappa shape index (κ3) is 3.40. The fourth-order valence-electron chi connectivity index (χ4n) is 2.17. The molecular formula is C18H16N2OS. The fraction of sp³-hybridized carbons (Fsp3) is 0.111. The molecule has 2 aromatic carbocycles. The first-order valence-electron chi connectivity index (χ1n) is 7.09. The smallest absolute Gasteiger partial charge is 0.229 e. The minimum absolute atomic E-state index is 0.0161. The van der Waals surface area contributed by atoms with Crippen LogP contribution in [0.25, 0.3) is 10.6 Å². The van der Waals surface area contributed by atoms with Crippen LogP contribution >= 0.6 is 11.3 Å². The van der Waals surface area contributed by atoms with Gasteiger partial charge in [0.2, 0.25) is 5.91 Å². The van der Waals surface area contributed by atoms with Gasteiger partial charge in [0.25, 0.3) is 0 Å². The first-order chi connectivity index (χ1) is 10.7. The maximum atomic E-state index is 12.1. The fourth-order valence-corrected chi connectivity index (χ4v) is 3.24. The summed E-state index contributed by atoms with van der Waals surface area (Å²) < 4.78 is 0. The summed E-state index contributed by atoms with van der Waals surface area (Å²) >= 11 is 1.58. The molecule has 0 fully saturated rings. The number of thiazole rings is 1. The van der Waals surface area contributed by atoms with E-state index in [0.717, 1.165) is 26.8 Å². The summed E-state index contributed by atoms with van der Waals surface area (Å²) in [5.74, 6) is -0.0161. The number of anilines is 1. The average molecular weight is 308 g/mol. The number of hydrogen-bond donors (Lipinski definition) is 1. The zero-order valence-electron chi connectivity index (χ0n) is 12.2.